The number of rotatable bonds is 2. The molecule has 1 saturated heterocycles. The van der Waals surface area contributed by atoms with Crippen molar-refractivity contribution in [2.75, 3.05) is 19.8 Å². The smallest absolute Gasteiger partial charge is 0.228 e. The largest absolute Gasteiger partial charge is 0.381 e. The molecule has 0 saturated carbocycles. The van der Waals surface area contributed by atoms with E-state index in [1.807, 2.05) is 10.3 Å². The van der Waals surface area contributed by atoms with E-state index in [1.54, 1.807) is 17.7 Å². The Labute approximate surface area is 133 Å². The molecule has 6 heteroatoms. The Balaban J connectivity index is 1.63. The molecule has 2 aromatic rings. The summed E-state index contributed by atoms with van der Waals surface area (Å²) in [6.07, 6.45) is 3.27. The molecule has 0 N–H and O–H groups in total. The van der Waals surface area contributed by atoms with E-state index in [1.165, 1.54) is 0 Å². The second-order valence-electron chi connectivity index (χ2n) is 5.73. The molecule has 1 fully saturated rings. The van der Waals surface area contributed by atoms with Crippen molar-refractivity contribution < 1.29 is 9.53 Å². The molecule has 0 aromatic carbocycles. The summed E-state index contributed by atoms with van der Waals surface area (Å²) in [5, 5.41) is 4.14. The number of carbonyl (C=O) groups excluding carboxylic acids is 1. The van der Waals surface area contributed by atoms with E-state index in [-0.39, 0.29) is 11.8 Å². The Morgan fingerprint density at radius 2 is 2.36 bits per heavy atom. The maximum absolute atomic E-state index is 12.6. The fraction of sp³-hybridized carbons (Fsp3) is 0.438. The SMILES string of the molecule is O=C(C1CCOC1)N1CCc2ncnc(-c3ccsc3)c2C1. The summed E-state index contributed by atoms with van der Waals surface area (Å²) in [7, 11) is 0. The minimum Gasteiger partial charge on any atom is -0.381 e. The number of hydrogen-bond donors (Lipinski definition) is 0. The third kappa shape index (κ3) is 2.42. The highest BCUT2D eigenvalue weighted by Gasteiger charge is 2.31. The van der Waals surface area contributed by atoms with E-state index in [4.69, 9.17) is 4.74 Å². The van der Waals surface area contributed by atoms with Crippen LogP contribution in [-0.2, 0) is 22.5 Å². The topological polar surface area (TPSA) is 55.3 Å². The lowest BCUT2D eigenvalue weighted by Crippen LogP contribution is -2.40. The quantitative estimate of drug-likeness (QED) is 0.852. The molecular formula is C16H17N3O2S. The van der Waals surface area contributed by atoms with Crippen LogP contribution in [0.2, 0.25) is 0 Å². The van der Waals surface area contributed by atoms with Crippen LogP contribution in [0.25, 0.3) is 11.3 Å². The Hall–Kier alpha value is -1.79. The van der Waals surface area contributed by atoms with E-state index in [0.29, 0.717) is 19.8 Å². The monoisotopic (exact) mass is 315 g/mol. The van der Waals surface area contributed by atoms with Gasteiger partial charge in [-0.05, 0) is 17.9 Å². The van der Waals surface area contributed by atoms with Gasteiger partial charge in [0.1, 0.15) is 6.33 Å². The van der Waals surface area contributed by atoms with Crippen LogP contribution >= 0.6 is 11.3 Å². The zero-order chi connectivity index (χ0) is 14.9. The molecule has 2 aliphatic heterocycles. The van der Waals surface area contributed by atoms with Gasteiger partial charge in [-0.2, -0.15) is 11.3 Å². The molecule has 2 aliphatic rings. The number of ether oxygens (including phenoxy) is 1. The van der Waals surface area contributed by atoms with Crippen molar-refractivity contribution in [3.05, 3.63) is 34.4 Å². The van der Waals surface area contributed by atoms with Crippen LogP contribution in [0.15, 0.2) is 23.2 Å². The first kappa shape index (κ1) is 13.8. The summed E-state index contributed by atoms with van der Waals surface area (Å²) in [6.45, 7) is 2.61. The van der Waals surface area contributed by atoms with Gasteiger partial charge in [-0.3, -0.25) is 4.79 Å². The van der Waals surface area contributed by atoms with Gasteiger partial charge < -0.3 is 9.64 Å². The van der Waals surface area contributed by atoms with Crippen molar-refractivity contribution >= 4 is 17.2 Å². The predicted octanol–water partition coefficient (Wildman–Crippen LogP) is 2.13. The average molecular weight is 315 g/mol. The Morgan fingerprint density at radius 3 is 3.14 bits per heavy atom. The van der Waals surface area contributed by atoms with Crippen LogP contribution in [0.3, 0.4) is 0 Å². The standard InChI is InChI=1S/C16H17N3O2S/c20-16(11-2-5-21-8-11)19-4-1-14-13(7-19)15(18-10-17-14)12-3-6-22-9-12/h3,6,9-11H,1-2,4-5,7-8H2. The van der Waals surface area contributed by atoms with Gasteiger partial charge in [0.15, 0.2) is 0 Å². The van der Waals surface area contributed by atoms with Crippen LogP contribution in [0.5, 0.6) is 0 Å². The summed E-state index contributed by atoms with van der Waals surface area (Å²) in [6, 6.07) is 2.07. The molecule has 114 valence electrons. The third-order valence-electron chi connectivity index (χ3n) is 4.39. The fourth-order valence-electron chi connectivity index (χ4n) is 3.16. The lowest BCUT2D eigenvalue weighted by atomic mass is 9.99. The number of carbonyl (C=O) groups is 1. The molecule has 4 rings (SSSR count). The number of hydrogen-bond acceptors (Lipinski definition) is 5. The summed E-state index contributed by atoms with van der Waals surface area (Å²) in [5.41, 5.74) is 4.25. The average Bonchev–Trinajstić information content (AvgIpc) is 3.26. The molecule has 5 nitrogen and oxygen atoms in total. The lowest BCUT2D eigenvalue weighted by molar-refractivity contribution is -0.136. The molecule has 22 heavy (non-hydrogen) atoms. The highest BCUT2D eigenvalue weighted by Crippen LogP contribution is 2.29. The van der Waals surface area contributed by atoms with Crippen molar-refractivity contribution in [2.45, 2.75) is 19.4 Å². The van der Waals surface area contributed by atoms with Gasteiger partial charge in [0.25, 0.3) is 0 Å². The number of thiophene rings is 1. The Morgan fingerprint density at radius 1 is 1.41 bits per heavy atom. The van der Waals surface area contributed by atoms with Gasteiger partial charge in [0.05, 0.1) is 23.9 Å². The zero-order valence-corrected chi connectivity index (χ0v) is 13.0. The highest BCUT2D eigenvalue weighted by atomic mass is 32.1. The van der Waals surface area contributed by atoms with E-state index >= 15 is 0 Å². The molecule has 1 atom stereocenters. The van der Waals surface area contributed by atoms with Gasteiger partial charge in [-0.15, -0.1) is 0 Å². The number of nitrogens with zero attached hydrogens (tertiary/aromatic N) is 3. The number of amides is 1. The molecule has 2 aromatic heterocycles. The third-order valence-corrected chi connectivity index (χ3v) is 5.07. The first-order valence-corrected chi connectivity index (χ1v) is 8.49. The van der Waals surface area contributed by atoms with Gasteiger partial charge in [-0.25, -0.2) is 9.97 Å². The molecule has 1 amide bonds. The molecule has 0 aliphatic carbocycles. The van der Waals surface area contributed by atoms with Crippen LogP contribution < -0.4 is 0 Å². The minimum absolute atomic E-state index is 0.0239. The fourth-order valence-corrected chi connectivity index (χ4v) is 3.81. The molecule has 0 spiro atoms. The van der Waals surface area contributed by atoms with Gasteiger partial charge in [0, 0.05) is 42.6 Å². The Kier molecular flexibility index (Phi) is 3.63. The summed E-state index contributed by atoms with van der Waals surface area (Å²) in [4.78, 5) is 23.4. The molecule has 0 radical (unpaired) electrons. The summed E-state index contributed by atoms with van der Waals surface area (Å²) in [5.74, 6) is 0.235. The van der Waals surface area contributed by atoms with Crippen molar-refractivity contribution in [3.8, 4) is 11.3 Å². The normalized spacial score (nSPS) is 20.9. The lowest BCUT2D eigenvalue weighted by Gasteiger charge is -2.30. The van der Waals surface area contributed by atoms with Crippen molar-refractivity contribution in [2.24, 2.45) is 5.92 Å². The molecule has 4 heterocycles. The first-order valence-electron chi connectivity index (χ1n) is 7.55. The number of aromatic nitrogens is 2. The molecule has 1 unspecified atom stereocenters. The maximum atomic E-state index is 12.6. The molecule has 0 bridgehead atoms. The zero-order valence-electron chi connectivity index (χ0n) is 12.2. The summed E-state index contributed by atoms with van der Waals surface area (Å²) >= 11 is 1.66. The summed E-state index contributed by atoms with van der Waals surface area (Å²) < 4.78 is 5.35. The van der Waals surface area contributed by atoms with Gasteiger partial charge >= 0.3 is 0 Å². The van der Waals surface area contributed by atoms with Crippen LogP contribution in [0.1, 0.15) is 17.7 Å². The first-order chi connectivity index (χ1) is 10.8. The van der Waals surface area contributed by atoms with Crippen LogP contribution in [0.4, 0.5) is 0 Å². The van der Waals surface area contributed by atoms with E-state index in [9.17, 15) is 4.79 Å². The van der Waals surface area contributed by atoms with Gasteiger partial charge in [-0.1, -0.05) is 0 Å². The van der Waals surface area contributed by atoms with Crippen molar-refractivity contribution in [1.82, 2.24) is 14.9 Å². The number of fused-ring (bicyclic) bond motifs is 1. The highest BCUT2D eigenvalue weighted by molar-refractivity contribution is 7.08. The van der Waals surface area contributed by atoms with Crippen LogP contribution in [-0.4, -0.2) is 40.5 Å². The predicted molar refractivity (Wildman–Crippen MR) is 83.4 cm³/mol. The second kappa shape index (κ2) is 5.78. The van der Waals surface area contributed by atoms with Gasteiger partial charge in [0.2, 0.25) is 5.91 Å². The van der Waals surface area contributed by atoms with E-state index in [2.05, 4.69) is 21.4 Å². The van der Waals surface area contributed by atoms with E-state index in [0.717, 1.165) is 41.9 Å². The Bertz CT molecular complexity index is 681. The van der Waals surface area contributed by atoms with E-state index < -0.39 is 0 Å². The van der Waals surface area contributed by atoms with Crippen molar-refractivity contribution in [1.29, 1.82) is 0 Å². The second-order valence-corrected chi connectivity index (χ2v) is 6.51. The van der Waals surface area contributed by atoms with Crippen molar-refractivity contribution in [3.63, 3.8) is 0 Å². The minimum atomic E-state index is 0.0239. The van der Waals surface area contributed by atoms with Crippen LogP contribution in [0, 0.1) is 5.92 Å². The molecular weight excluding hydrogens is 298 g/mol. The maximum Gasteiger partial charge on any atom is 0.228 e.